The highest BCUT2D eigenvalue weighted by Crippen LogP contribution is 2.48. The molecule has 0 unspecified atom stereocenters. The van der Waals surface area contributed by atoms with Crippen molar-refractivity contribution >= 4 is 5.97 Å². The van der Waals surface area contributed by atoms with Gasteiger partial charge in [0, 0.05) is 51.7 Å². The minimum Gasteiger partial charge on any atom is -0.462 e. The lowest BCUT2D eigenvalue weighted by atomic mass is 9.71. The van der Waals surface area contributed by atoms with E-state index in [0.29, 0.717) is 49.2 Å². The fourth-order valence-electron chi connectivity index (χ4n) is 11.7. The van der Waals surface area contributed by atoms with Crippen molar-refractivity contribution in [2.75, 3.05) is 20.8 Å². The lowest BCUT2D eigenvalue weighted by Gasteiger charge is -2.49. The largest absolute Gasteiger partial charge is 0.462 e. The molecule has 4 saturated heterocycles. The molecule has 2 aliphatic carbocycles. The monoisotopic (exact) mass is 899 g/mol. The fourth-order valence-corrected chi connectivity index (χ4v) is 11.7. The third-order valence-electron chi connectivity index (χ3n) is 15.4. The number of allylic oxidation sites excluding steroid dienone is 2. The zero-order valence-electron chi connectivity index (χ0n) is 39.0. The number of fused-ring (bicyclic) bond motifs is 2. The summed E-state index contributed by atoms with van der Waals surface area (Å²) in [4.78, 5) is 14.4. The zero-order chi connectivity index (χ0) is 45.5. The van der Waals surface area contributed by atoms with Gasteiger partial charge in [-0.3, -0.25) is 4.79 Å². The molecule has 1 spiro atoms. The second-order valence-electron chi connectivity index (χ2n) is 20.0. The van der Waals surface area contributed by atoms with Gasteiger partial charge in [0.25, 0.3) is 0 Å². The lowest BCUT2D eigenvalue weighted by Crippen LogP contribution is -2.58. The summed E-state index contributed by atoms with van der Waals surface area (Å²) in [5.41, 5.74) is 0.166. The predicted molar refractivity (Wildman–Crippen MR) is 234 cm³/mol. The summed E-state index contributed by atoms with van der Waals surface area (Å²) in [6, 6.07) is 0. The molecule has 3 N–H and O–H groups in total. The van der Waals surface area contributed by atoms with E-state index in [0.717, 1.165) is 18.4 Å². The SMILES string of the molecule is CO[C@@H]1C[C@@H](O[C@@H]2[C@@H](C)O[C@H](O[C@H]3/C(C)=C/C[C@H]4C[C@H](C[C@@]5(C=C[C@@H](C)[C@H](C6CCCCC6)O5)O4)OC(=O)[C@H]4C=C(C)[C@H](O)[C@@H]5OC/C(=C\C=C\[C@H]3C)[C@]45O)C[C@H]2OC)O[C@H](C)[C@H]1O. The van der Waals surface area contributed by atoms with Crippen LogP contribution in [-0.4, -0.2) is 139 Å². The number of aliphatic hydroxyl groups excluding tert-OH is 2. The van der Waals surface area contributed by atoms with E-state index in [1.54, 1.807) is 40.2 Å². The molecule has 1 saturated carbocycles. The summed E-state index contributed by atoms with van der Waals surface area (Å²) in [6.45, 7) is 11.9. The van der Waals surface area contributed by atoms with Crippen LogP contribution in [0.4, 0.5) is 0 Å². The van der Waals surface area contributed by atoms with Crippen molar-refractivity contribution in [1.29, 1.82) is 0 Å². The molecule has 14 heteroatoms. The van der Waals surface area contributed by atoms with Gasteiger partial charge in [0.05, 0.1) is 49.3 Å². The molecule has 8 rings (SSSR count). The predicted octanol–water partition coefficient (Wildman–Crippen LogP) is 5.91. The molecule has 0 aromatic heterocycles. The zero-order valence-corrected chi connectivity index (χ0v) is 39.0. The van der Waals surface area contributed by atoms with Crippen molar-refractivity contribution in [3.63, 3.8) is 0 Å². The Kier molecular flexibility index (Phi) is 15.1. The summed E-state index contributed by atoms with van der Waals surface area (Å²) in [6.07, 6.45) is 13.8. The molecule has 2 bridgehead atoms. The molecule has 6 aliphatic heterocycles. The Balaban J connectivity index is 1.08. The van der Waals surface area contributed by atoms with Gasteiger partial charge in [0.15, 0.2) is 18.4 Å². The van der Waals surface area contributed by atoms with E-state index < -0.39 is 90.8 Å². The number of carbonyl (C=O) groups is 1. The van der Waals surface area contributed by atoms with Gasteiger partial charge in [-0.15, -0.1) is 0 Å². The average Bonchev–Trinajstić information content (AvgIpc) is 3.62. The molecule has 64 heavy (non-hydrogen) atoms. The Morgan fingerprint density at radius 3 is 2.28 bits per heavy atom. The standard InChI is InChI=1S/C50H74O14/c1-27-13-12-16-34-26-57-47-42(51)30(4)21-37(50(34,47)54)48(53)60-36-22-35(63-49(25-36)20-19-29(3)45(64-49)33-14-10-9-11-15-33)18-17-28(2)44(27)61-41-24-39(56-8)46(32(6)59-41)62-40-23-38(55-7)43(52)31(5)58-40/h12-13,16-17,19-21,27,29,31-33,35-47,51-52,54H,9-11,14-15,18,22-26H2,1-8H3/b13-12+,28-17+,34-16+/t27-,29-,31-,32-,35+,36-,37-,38-,39-,40-,41-,42+,43-,44-,45-,46-,47+,49+,50+/m1/s1. The van der Waals surface area contributed by atoms with Gasteiger partial charge >= 0.3 is 5.97 Å². The molecule has 0 aromatic rings. The number of esters is 1. The van der Waals surface area contributed by atoms with Crippen LogP contribution in [0.3, 0.4) is 0 Å². The van der Waals surface area contributed by atoms with Crippen LogP contribution in [0, 0.1) is 23.7 Å². The van der Waals surface area contributed by atoms with Crippen molar-refractivity contribution in [2.45, 2.75) is 203 Å². The maximum absolute atomic E-state index is 14.4. The van der Waals surface area contributed by atoms with Gasteiger partial charge in [-0.2, -0.15) is 0 Å². The number of carbonyl (C=O) groups excluding carboxylic acids is 1. The molecule has 5 fully saturated rings. The van der Waals surface area contributed by atoms with Crippen molar-refractivity contribution in [3.8, 4) is 0 Å². The van der Waals surface area contributed by atoms with Crippen LogP contribution < -0.4 is 0 Å². The third-order valence-corrected chi connectivity index (χ3v) is 15.4. The highest BCUT2D eigenvalue weighted by atomic mass is 16.7. The van der Waals surface area contributed by atoms with Crippen molar-refractivity contribution in [3.05, 3.63) is 59.3 Å². The number of methoxy groups -OCH3 is 2. The molecule has 358 valence electrons. The maximum Gasteiger partial charge on any atom is 0.316 e. The molecule has 0 radical (unpaired) electrons. The van der Waals surface area contributed by atoms with Gasteiger partial charge in [0.2, 0.25) is 0 Å². The first-order valence-corrected chi connectivity index (χ1v) is 24.0. The fraction of sp³-hybridized carbons (Fsp3) is 0.780. The van der Waals surface area contributed by atoms with Crippen LogP contribution in [0.1, 0.15) is 106 Å². The Morgan fingerprint density at radius 2 is 1.53 bits per heavy atom. The van der Waals surface area contributed by atoms with Crippen LogP contribution in [0.25, 0.3) is 0 Å². The van der Waals surface area contributed by atoms with Crippen molar-refractivity contribution in [2.24, 2.45) is 23.7 Å². The second-order valence-corrected chi connectivity index (χ2v) is 20.0. The van der Waals surface area contributed by atoms with Crippen molar-refractivity contribution < 1.29 is 67.5 Å². The number of aliphatic hydroxyl groups is 3. The minimum absolute atomic E-state index is 0.0242. The number of rotatable bonds is 7. The Bertz CT molecular complexity index is 1790. The molecular weight excluding hydrogens is 825 g/mol. The quantitative estimate of drug-likeness (QED) is 0.204. The minimum atomic E-state index is -1.83. The summed E-state index contributed by atoms with van der Waals surface area (Å²) in [5.74, 6) is -2.32. The topological polar surface area (TPSA) is 170 Å². The van der Waals surface area contributed by atoms with Gasteiger partial charge in [0.1, 0.15) is 42.0 Å². The summed E-state index contributed by atoms with van der Waals surface area (Å²) < 4.78 is 64.1. The van der Waals surface area contributed by atoms with Gasteiger partial charge < -0.3 is 62.7 Å². The van der Waals surface area contributed by atoms with Gasteiger partial charge in [-0.05, 0) is 75.7 Å². The molecule has 6 heterocycles. The average molecular weight is 899 g/mol. The first-order valence-electron chi connectivity index (χ1n) is 24.0. The van der Waals surface area contributed by atoms with Crippen LogP contribution in [0.5, 0.6) is 0 Å². The van der Waals surface area contributed by atoms with E-state index in [9.17, 15) is 20.1 Å². The Hall–Kier alpha value is -2.31. The first-order chi connectivity index (χ1) is 30.6. The maximum atomic E-state index is 14.4. The van der Waals surface area contributed by atoms with Crippen LogP contribution in [-0.2, 0) is 52.2 Å². The Morgan fingerprint density at radius 1 is 0.812 bits per heavy atom. The lowest BCUT2D eigenvalue weighted by molar-refractivity contribution is -0.318. The second kappa shape index (κ2) is 20.1. The molecule has 19 atom stereocenters. The van der Waals surface area contributed by atoms with E-state index in [1.165, 1.54) is 19.3 Å². The number of hydrogen-bond acceptors (Lipinski definition) is 14. The molecule has 8 aliphatic rings. The van der Waals surface area contributed by atoms with E-state index in [2.05, 4.69) is 32.9 Å². The van der Waals surface area contributed by atoms with Gasteiger partial charge in [-0.25, -0.2) is 0 Å². The highest BCUT2D eigenvalue weighted by Gasteiger charge is 2.60. The molecule has 0 amide bonds. The normalized spacial score (nSPS) is 49.2. The summed E-state index contributed by atoms with van der Waals surface area (Å²) >= 11 is 0. The number of hydrogen-bond donors (Lipinski definition) is 3. The van der Waals surface area contributed by atoms with Gasteiger partial charge in [-0.1, -0.05) is 69.6 Å². The van der Waals surface area contributed by atoms with E-state index >= 15 is 0 Å². The number of ether oxygens (including phenoxy) is 10. The van der Waals surface area contributed by atoms with Crippen molar-refractivity contribution in [1.82, 2.24) is 0 Å². The van der Waals surface area contributed by atoms with Crippen LogP contribution in [0.2, 0.25) is 0 Å². The summed E-state index contributed by atoms with van der Waals surface area (Å²) in [5, 5.41) is 34.3. The molecule has 0 aromatic carbocycles. The van der Waals surface area contributed by atoms with E-state index in [1.807, 2.05) is 25.2 Å². The summed E-state index contributed by atoms with van der Waals surface area (Å²) in [7, 11) is 3.23. The van der Waals surface area contributed by atoms with Crippen LogP contribution >= 0.6 is 0 Å². The molecular formula is C50H74O14. The van der Waals surface area contributed by atoms with E-state index in [4.69, 9.17) is 47.4 Å². The molecule has 14 nitrogen and oxygen atoms in total. The Labute approximate surface area is 379 Å². The smallest absolute Gasteiger partial charge is 0.316 e. The van der Waals surface area contributed by atoms with Crippen LogP contribution in [0.15, 0.2) is 59.3 Å². The first kappa shape index (κ1) is 48.2. The third kappa shape index (κ3) is 9.82. The van der Waals surface area contributed by atoms with E-state index in [-0.39, 0.29) is 36.8 Å². The highest BCUT2D eigenvalue weighted by molar-refractivity contribution is 5.78.